The highest BCUT2D eigenvalue weighted by molar-refractivity contribution is 7.19. The number of carbonyl (C=O) groups excluding carboxylic acids is 1. The van der Waals surface area contributed by atoms with Crippen LogP contribution in [0.1, 0.15) is 10.4 Å². The Hall–Kier alpha value is -2.86. The highest BCUT2D eigenvalue weighted by Crippen LogP contribution is 2.27. The van der Waals surface area contributed by atoms with Crippen molar-refractivity contribution in [2.24, 2.45) is 5.92 Å². The fourth-order valence-electron chi connectivity index (χ4n) is 2.61. The Morgan fingerprint density at radius 1 is 1.08 bits per heavy atom. The summed E-state index contributed by atoms with van der Waals surface area (Å²) in [6.07, 6.45) is -0.246. The van der Waals surface area contributed by atoms with E-state index in [4.69, 9.17) is 4.74 Å². The molecule has 2 N–H and O–H groups in total. The topological polar surface area (TPSA) is 75.6 Å². The SMILES string of the molecule is O=C(NCC(Cc1cc2ccccc2s1)C(=O)O)OCc1ccccc1. The average molecular weight is 369 g/mol. The lowest BCUT2D eigenvalue weighted by atomic mass is 10.0. The quantitative estimate of drug-likeness (QED) is 0.658. The van der Waals surface area contributed by atoms with Gasteiger partial charge in [-0.15, -0.1) is 11.3 Å². The molecule has 1 amide bonds. The van der Waals surface area contributed by atoms with Gasteiger partial charge in [-0.3, -0.25) is 4.79 Å². The summed E-state index contributed by atoms with van der Waals surface area (Å²) in [5.41, 5.74) is 0.878. The summed E-state index contributed by atoms with van der Waals surface area (Å²) in [5, 5.41) is 13.1. The number of alkyl carbamates (subject to hydrolysis) is 1. The molecule has 1 unspecified atom stereocenters. The number of ether oxygens (including phenoxy) is 1. The molecule has 0 radical (unpaired) electrons. The fourth-order valence-corrected chi connectivity index (χ4v) is 3.75. The number of thiophene rings is 1. The van der Waals surface area contributed by atoms with Gasteiger partial charge in [0.15, 0.2) is 0 Å². The number of hydrogen-bond acceptors (Lipinski definition) is 4. The molecule has 6 heteroatoms. The molecule has 3 rings (SSSR count). The maximum Gasteiger partial charge on any atom is 0.407 e. The van der Waals surface area contributed by atoms with E-state index in [-0.39, 0.29) is 13.2 Å². The Balaban J connectivity index is 1.53. The predicted octanol–water partition coefficient (Wildman–Crippen LogP) is 4.07. The van der Waals surface area contributed by atoms with Crippen LogP contribution in [0.15, 0.2) is 60.7 Å². The molecule has 0 fully saturated rings. The second-order valence-corrected chi connectivity index (χ2v) is 7.10. The molecule has 5 nitrogen and oxygen atoms in total. The molecule has 0 saturated carbocycles. The number of carboxylic acid groups (broad SMARTS) is 1. The zero-order valence-electron chi connectivity index (χ0n) is 14.1. The summed E-state index contributed by atoms with van der Waals surface area (Å²) in [7, 11) is 0. The monoisotopic (exact) mass is 369 g/mol. The van der Waals surface area contributed by atoms with Gasteiger partial charge in [0.1, 0.15) is 6.61 Å². The van der Waals surface area contributed by atoms with Crippen LogP contribution in [0.25, 0.3) is 10.1 Å². The Morgan fingerprint density at radius 3 is 2.54 bits per heavy atom. The smallest absolute Gasteiger partial charge is 0.407 e. The van der Waals surface area contributed by atoms with E-state index in [0.717, 1.165) is 20.5 Å². The molecule has 2 aromatic carbocycles. The number of benzene rings is 2. The molecule has 0 spiro atoms. The van der Waals surface area contributed by atoms with E-state index < -0.39 is 18.0 Å². The first-order valence-corrected chi connectivity index (χ1v) is 9.08. The van der Waals surface area contributed by atoms with Crippen LogP contribution in [0.4, 0.5) is 4.79 Å². The first-order chi connectivity index (χ1) is 12.6. The van der Waals surface area contributed by atoms with E-state index in [2.05, 4.69) is 5.32 Å². The standard InChI is InChI=1S/C20H19NO4S/c22-19(23)16(11-17-10-15-8-4-5-9-18(15)26-17)12-21-20(24)25-13-14-6-2-1-3-7-14/h1-10,16H,11-13H2,(H,21,24)(H,22,23). The van der Waals surface area contributed by atoms with Crippen LogP contribution in [0.2, 0.25) is 0 Å². The third kappa shape index (κ3) is 4.83. The van der Waals surface area contributed by atoms with Gasteiger partial charge in [0.2, 0.25) is 0 Å². The number of carbonyl (C=O) groups is 2. The fraction of sp³-hybridized carbons (Fsp3) is 0.200. The normalized spacial score (nSPS) is 11.8. The first-order valence-electron chi connectivity index (χ1n) is 8.26. The summed E-state index contributed by atoms with van der Waals surface area (Å²) in [4.78, 5) is 24.3. The second kappa shape index (κ2) is 8.49. The highest BCUT2D eigenvalue weighted by Gasteiger charge is 2.20. The number of hydrogen-bond donors (Lipinski definition) is 2. The van der Waals surface area contributed by atoms with Crippen LogP contribution in [0.5, 0.6) is 0 Å². The summed E-state index contributed by atoms with van der Waals surface area (Å²) >= 11 is 1.58. The van der Waals surface area contributed by atoms with Gasteiger partial charge in [-0.2, -0.15) is 0 Å². The van der Waals surface area contributed by atoms with Crippen molar-refractivity contribution in [3.05, 3.63) is 71.1 Å². The maximum absolute atomic E-state index is 11.8. The number of aliphatic carboxylic acids is 1. The average Bonchev–Trinajstić information content (AvgIpc) is 3.06. The van der Waals surface area contributed by atoms with Crippen molar-refractivity contribution in [3.63, 3.8) is 0 Å². The number of carboxylic acids is 1. The lowest BCUT2D eigenvalue weighted by Gasteiger charge is -2.12. The molecule has 1 aromatic heterocycles. The van der Waals surface area contributed by atoms with E-state index >= 15 is 0 Å². The lowest BCUT2D eigenvalue weighted by Crippen LogP contribution is -2.34. The van der Waals surface area contributed by atoms with Crippen LogP contribution >= 0.6 is 11.3 Å². The molecular weight excluding hydrogens is 350 g/mol. The summed E-state index contributed by atoms with van der Waals surface area (Å²) in [5.74, 6) is -1.64. The molecule has 0 aliphatic heterocycles. The van der Waals surface area contributed by atoms with Crippen molar-refractivity contribution >= 4 is 33.5 Å². The Morgan fingerprint density at radius 2 is 1.81 bits per heavy atom. The van der Waals surface area contributed by atoms with Crippen molar-refractivity contribution in [3.8, 4) is 0 Å². The number of amides is 1. The van der Waals surface area contributed by atoms with Gasteiger partial charge in [-0.1, -0.05) is 48.5 Å². The molecule has 0 bridgehead atoms. The van der Waals surface area contributed by atoms with Gasteiger partial charge >= 0.3 is 12.1 Å². The summed E-state index contributed by atoms with van der Waals surface area (Å²) in [6.45, 7) is 0.178. The van der Waals surface area contributed by atoms with Crippen molar-refractivity contribution in [2.75, 3.05) is 6.54 Å². The molecule has 26 heavy (non-hydrogen) atoms. The van der Waals surface area contributed by atoms with Crippen LogP contribution in [-0.4, -0.2) is 23.7 Å². The number of rotatable bonds is 7. The minimum atomic E-state index is -0.939. The maximum atomic E-state index is 11.8. The Kier molecular flexibility index (Phi) is 5.86. The predicted molar refractivity (Wildman–Crippen MR) is 101 cm³/mol. The highest BCUT2D eigenvalue weighted by atomic mass is 32.1. The van der Waals surface area contributed by atoms with Gasteiger partial charge in [-0.25, -0.2) is 4.79 Å². The third-order valence-electron chi connectivity index (χ3n) is 3.98. The lowest BCUT2D eigenvalue weighted by molar-refractivity contribution is -0.141. The summed E-state index contributed by atoms with van der Waals surface area (Å²) < 4.78 is 6.24. The van der Waals surface area contributed by atoms with E-state index in [9.17, 15) is 14.7 Å². The van der Waals surface area contributed by atoms with Crippen LogP contribution in [0, 0.1) is 5.92 Å². The van der Waals surface area contributed by atoms with E-state index in [1.165, 1.54) is 0 Å². The Labute approximate surface area is 155 Å². The van der Waals surface area contributed by atoms with Crippen molar-refractivity contribution in [1.29, 1.82) is 0 Å². The first kappa shape index (κ1) is 17.9. The molecule has 1 atom stereocenters. The molecule has 0 saturated heterocycles. The van der Waals surface area contributed by atoms with E-state index in [1.54, 1.807) is 11.3 Å². The van der Waals surface area contributed by atoms with Gasteiger partial charge in [0, 0.05) is 16.1 Å². The molecule has 134 valence electrons. The van der Waals surface area contributed by atoms with E-state index in [1.807, 2.05) is 60.7 Å². The van der Waals surface area contributed by atoms with E-state index in [0.29, 0.717) is 6.42 Å². The van der Waals surface area contributed by atoms with Crippen molar-refractivity contribution < 1.29 is 19.4 Å². The largest absolute Gasteiger partial charge is 0.481 e. The van der Waals surface area contributed by atoms with Crippen LogP contribution in [0.3, 0.4) is 0 Å². The van der Waals surface area contributed by atoms with Gasteiger partial charge in [-0.05, 0) is 29.5 Å². The zero-order chi connectivity index (χ0) is 18.4. The minimum Gasteiger partial charge on any atom is -0.481 e. The van der Waals surface area contributed by atoms with Gasteiger partial charge in [0.05, 0.1) is 5.92 Å². The number of fused-ring (bicyclic) bond motifs is 1. The molecule has 1 heterocycles. The van der Waals surface area contributed by atoms with Crippen molar-refractivity contribution in [1.82, 2.24) is 5.32 Å². The van der Waals surface area contributed by atoms with Crippen LogP contribution in [-0.2, 0) is 22.6 Å². The summed E-state index contributed by atoms with van der Waals surface area (Å²) in [6, 6.07) is 19.3. The molecular formula is C20H19NO4S. The van der Waals surface area contributed by atoms with Gasteiger partial charge < -0.3 is 15.2 Å². The van der Waals surface area contributed by atoms with Crippen LogP contribution < -0.4 is 5.32 Å². The molecule has 0 aliphatic carbocycles. The molecule has 0 aliphatic rings. The Bertz CT molecular complexity index is 858. The second-order valence-electron chi connectivity index (χ2n) is 5.93. The van der Waals surface area contributed by atoms with Gasteiger partial charge in [0.25, 0.3) is 0 Å². The number of nitrogens with one attached hydrogen (secondary N) is 1. The zero-order valence-corrected chi connectivity index (χ0v) is 14.9. The minimum absolute atomic E-state index is 0.0250. The third-order valence-corrected chi connectivity index (χ3v) is 5.12. The molecule has 3 aromatic rings. The van der Waals surface area contributed by atoms with Crippen molar-refractivity contribution in [2.45, 2.75) is 13.0 Å².